The Morgan fingerprint density at radius 3 is 2.81 bits per heavy atom. The lowest BCUT2D eigenvalue weighted by atomic mass is 10.2. The molecule has 3 N–H and O–H groups in total. The molecule has 0 aromatic heterocycles. The maximum absolute atomic E-state index is 12.2. The highest BCUT2D eigenvalue weighted by atomic mass is 35.5. The third-order valence-electron chi connectivity index (χ3n) is 3.09. The zero-order valence-corrected chi connectivity index (χ0v) is 12.0. The van der Waals surface area contributed by atoms with E-state index >= 15 is 0 Å². The molecule has 0 aliphatic carbocycles. The molecular formula is C13H14ClN3O4. The first-order valence-electron chi connectivity index (χ1n) is 6.22. The third-order valence-corrected chi connectivity index (χ3v) is 3.41. The summed E-state index contributed by atoms with van der Waals surface area (Å²) in [4.78, 5) is 35.6. The van der Waals surface area contributed by atoms with E-state index in [9.17, 15) is 14.4 Å². The number of carboxylic acids is 1. The van der Waals surface area contributed by atoms with E-state index in [0.29, 0.717) is 10.7 Å². The number of carboxylic acid groups (broad SMARTS) is 1. The monoisotopic (exact) mass is 311 g/mol. The summed E-state index contributed by atoms with van der Waals surface area (Å²) in [6, 6.07) is 3.28. The Bertz CT molecular complexity index is 605. The zero-order valence-electron chi connectivity index (χ0n) is 11.2. The summed E-state index contributed by atoms with van der Waals surface area (Å²) in [5, 5.41) is 14.4. The summed E-state index contributed by atoms with van der Waals surface area (Å²) in [7, 11) is 0. The van der Waals surface area contributed by atoms with Crippen molar-refractivity contribution in [3.8, 4) is 0 Å². The lowest BCUT2D eigenvalue weighted by molar-refractivity contribution is -0.144. The highest BCUT2D eigenvalue weighted by molar-refractivity contribution is 6.33. The molecule has 1 atom stereocenters. The van der Waals surface area contributed by atoms with Crippen molar-refractivity contribution in [1.29, 1.82) is 0 Å². The molecule has 2 rings (SSSR count). The summed E-state index contributed by atoms with van der Waals surface area (Å²) in [6.07, 6.45) is 0. The Kier molecular flexibility index (Phi) is 4.32. The number of aliphatic carboxylic acids is 1. The van der Waals surface area contributed by atoms with Crippen LogP contribution in [0.25, 0.3) is 0 Å². The number of rotatable bonds is 2. The first-order chi connectivity index (χ1) is 9.88. The Hall–Kier alpha value is -2.28. The van der Waals surface area contributed by atoms with E-state index in [2.05, 4.69) is 10.6 Å². The largest absolute Gasteiger partial charge is 0.480 e. The quantitative estimate of drug-likeness (QED) is 0.760. The molecule has 8 heteroatoms. The van der Waals surface area contributed by atoms with E-state index in [1.807, 2.05) is 6.92 Å². The summed E-state index contributed by atoms with van der Waals surface area (Å²) in [5.74, 6) is -1.59. The maximum Gasteiger partial charge on any atom is 0.328 e. The van der Waals surface area contributed by atoms with Crippen LogP contribution in [0.3, 0.4) is 0 Å². The second-order valence-electron chi connectivity index (χ2n) is 4.70. The number of carbonyl (C=O) groups is 3. The summed E-state index contributed by atoms with van der Waals surface area (Å²) in [6.45, 7) is 1.42. The number of nitrogens with one attached hydrogen (secondary N) is 2. The van der Waals surface area contributed by atoms with Crippen molar-refractivity contribution in [2.45, 2.75) is 13.0 Å². The van der Waals surface area contributed by atoms with E-state index in [-0.39, 0.29) is 13.1 Å². The molecule has 1 aliphatic rings. The van der Waals surface area contributed by atoms with Gasteiger partial charge < -0.3 is 15.7 Å². The van der Waals surface area contributed by atoms with Gasteiger partial charge in [-0.05, 0) is 24.6 Å². The van der Waals surface area contributed by atoms with Gasteiger partial charge in [0.15, 0.2) is 0 Å². The van der Waals surface area contributed by atoms with Crippen LogP contribution in [0.4, 0.5) is 10.5 Å². The van der Waals surface area contributed by atoms with Gasteiger partial charge in [-0.2, -0.15) is 0 Å². The van der Waals surface area contributed by atoms with Gasteiger partial charge in [-0.3, -0.25) is 9.69 Å². The molecule has 0 bridgehead atoms. The predicted molar refractivity (Wildman–Crippen MR) is 76.3 cm³/mol. The topological polar surface area (TPSA) is 98.7 Å². The third kappa shape index (κ3) is 3.43. The number of nitrogens with zero attached hydrogens (tertiary/aromatic N) is 1. The van der Waals surface area contributed by atoms with E-state index < -0.39 is 23.9 Å². The van der Waals surface area contributed by atoms with Gasteiger partial charge in [-0.15, -0.1) is 0 Å². The first-order valence-corrected chi connectivity index (χ1v) is 6.59. The number of benzene rings is 1. The lowest BCUT2D eigenvalue weighted by Gasteiger charge is -2.32. The van der Waals surface area contributed by atoms with Gasteiger partial charge in [-0.1, -0.05) is 17.7 Å². The van der Waals surface area contributed by atoms with Crippen molar-refractivity contribution >= 4 is 35.2 Å². The van der Waals surface area contributed by atoms with E-state index in [1.165, 1.54) is 0 Å². The van der Waals surface area contributed by atoms with Crippen LogP contribution in [0.5, 0.6) is 0 Å². The Labute approximate surface area is 125 Å². The smallest absolute Gasteiger partial charge is 0.328 e. The van der Waals surface area contributed by atoms with Crippen LogP contribution < -0.4 is 10.6 Å². The Balaban J connectivity index is 2.17. The fourth-order valence-electron chi connectivity index (χ4n) is 1.98. The second-order valence-corrected chi connectivity index (χ2v) is 5.11. The van der Waals surface area contributed by atoms with Crippen molar-refractivity contribution in [2.24, 2.45) is 0 Å². The molecule has 1 aromatic carbocycles. The van der Waals surface area contributed by atoms with Crippen LogP contribution in [0, 0.1) is 6.92 Å². The predicted octanol–water partition coefficient (Wildman–Crippen LogP) is 1.07. The minimum atomic E-state index is -1.18. The zero-order chi connectivity index (χ0) is 15.6. The van der Waals surface area contributed by atoms with Gasteiger partial charge in [0.2, 0.25) is 5.91 Å². The minimum Gasteiger partial charge on any atom is -0.480 e. The maximum atomic E-state index is 12.2. The number of piperazine rings is 1. The molecule has 1 aromatic rings. The van der Waals surface area contributed by atoms with Crippen molar-refractivity contribution < 1.29 is 19.5 Å². The fourth-order valence-corrected chi connectivity index (χ4v) is 2.27. The number of carbonyl (C=O) groups excluding carboxylic acids is 2. The highest BCUT2D eigenvalue weighted by Crippen LogP contribution is 2.23. The van der Waals surface area contributed by atoms with E-state index in [1.54, 1.807) is 18.2 Å². The van der Waals surface area contributed by atoms with Crippen LogP contribution in [0.2, 0.25) is 5.02 Å². The lowest BCUT2D eigenvalue weighted by Crippen LogP contribution is -2.60. The van der Waals surface area contributed by atoms with Crippen LogP contribution in [-0.2, 0) is 9.59 Å². The summed E-state index contributed by atoms with van der Waals surface area (Å²) < 4.78 is 0. The number of hydrogen-bond donors (Lipinski definition) is 3. The van der Waals surface area contributed by atoms with Crippen molar-refractivity contribution in [3.05, 3.63) is 28.8 Å². The highest BCUT2D eigenvalue weighted by Gasteiger charge is 2.35. The molecule has 1 heterocycles. The fraction of sp³-hybridized carbons (Fsp3) is 0.308. The first kappa shape index (κ1) is 15.1. The molecule has 3 amide bonds. The molecule has 0 saturated carbocycles. The molecule has 0 spiro atoms. The van der Waals surface area contributed by atoms with Crippen molar-refractivity contribution in [2.75, 3.05) is 18.4 Å². The van der Waals surface area contributed by atoms with Crippen molar-refractivity contribution in [3.63, 3.8) is 0 Å². The summed E-state index contributed by atoms with van der Waals surface area (Å²) in [5.41, 5.74) is 1.29. The molecule has 21 heavy (non-hydrogen) atoms. The molecule has 7 nitrogen and oxygen atoms in total. The molecule has 112 valence electrons. The second kappa shape index (κ2) is 6.01. The van der Waals surface area contributed by atoms with Gasteiger partial charge in [0, 0.05) is 6.54 Å². The standard InChI is InChI=1S/C13H14ClN3O4/c1-7-2-3-9(8(14)4-7)16-13(21)17-6-11(18)15-5-10(17)12(19)20/h2-4,10H,5-6H2,1H3,(H,15,18)(H,16,21)(H,19,20). The van der Waals surface area contributed by atoms with Gasteiger partial charge in [-0.25, -0.2) is 9.59 Å². The molecule has 0 radical (unpaired) electrons. The SMILES string of the molecule is Cc1ccc(NC(=O)N2CC(=O)NCC2C(=O)O)c(Cl)c1. The van der Waals surface area contributed by atoms with Gasteiger partial charge in [0.25, 0.3) is 0 Å². The molecular weight excluding hydrogens is 298 g/mol. The molecule has 1 fully saturated rings. The number of amides is 3. The van der Waals surface area contributed by atoms with Gasteiger partial charge in [0.05, 0.1) is 10.7 Å². The normalized spacial score (nSPS) is 18.1. The number of anilines is 1. The van der Waals surface area contributed by atoms with Crippen LogP contribution in [0.1, 0.15) is 5.56 Å². The average molecular weight is 312 g/mol. The number of aryl methyl sites for hydroxylation is 1. The number of hydrogen-bond acceptors (Lipinski definition) is 3. The summed E-state index contributed by atoms with van der Waals surface area (Å²) >= 11 is 6.01. The Morgan fingerprint density at radius 2 is 2.19 bits per heavy atom. The van der Waals surface area contributed by atoms with Gasteiger partial charge in [0.1, 0.15) is 12.6 Å². The minimum absolute atomic E-state index is 0.122. The molecule has 1 unspecified atom stereocenters. The molecule has 1 aliphatic heterocycles. The van der Waals surface area contributed by atoms with E-state index in [4.69, 9.17) is 16.7 Å². The van der Waals surface area contributed by atoms with Gasteiger partial charge >= 0.3 is 12.0 Å². The molecule has 1 saturated heterocycles. The van der Waals surface area contributed by atoms with Crippen LogP contribution >= 0.6 is 11.6 Å². The van der Waals surface area contributed by atoms with Crippen LogP contribution in [-0.4, -0.2) is 47.0 Å². The average Bonchev–Trinajstić information content (AvgIpc) is 2.41. The van der Waals surface area contributed by atoms with Crippen molar-refractivity contribution in [1.82, 2.24) is 10.2 Å². The number of urea groups is 1. The number of halogens is 1. The van der Waals surface area contributed by atoms with E-state index in [0.717, 1.165) is 10.5 Å². The van der Waals surface area contributed by atoms with Crippen LogP contribution in [0.15, 0.2) is 18.2 Å². The Morgan fingerprint density at radius 1 is 1.48 bits per heavy atom.